The second-order valence-electron chi connectivity index (χ2n) is 7.09. The second-order valence-corrected chi connectivity index (χ2v) is 7.09. The summed E-state index contributed by atoms with van der Waals surface area (Å²) in [5.41, 5.74) is -1.50. The van der Waals surface area contributed by atoms with E-state index in [4.69, 9.17) is 9.94 Å². The van der Waals surface area contributed by atoms with Crippen LogP contribution in [0.2, 0.25) is 0 Å². The molecule has 10 heteroatoms. The molecule has 2 aromatic rings. The minimum Gasteiger partial charge on any atom is -0.481 e. The minimum absolute atomic E-state index is 0.0348. The van der Waals surface area contributed by atoms with E-state index in [0.29, 0.717) is 5.39 Å². The number of halogens is 1. The number of aromatic nitrogens is 1. The van der Waals surface area contributed by atoms with Gasteiger partial charge < -0.3 is 15.3 Å². The number of aliphatic carboxylic acids is 1. The zero-order valence-corrected chi connectivity index (χ0v) is 16.6. The first-order chi connectivity index (χ1) is 14.8. The lowest BCUT2D eigenvalue weighted by Crippen LogP contribution is -2.53. The largest absolute Gasteiger partial charge is 0.481 e. The van der Waals surface area contributed by atoms with Crippen LogP contribution in [0.4, 0.5) is 4.39 Å². The number of rotatable bonds is 9. The number of fused-ring (bicyclic) bond motifs is 1. The van der Waals surface area contributed by atoms with Crippen molar-refractivity contribution >= 4 is 39.9 Å². The van der Waals surface area contributed by atoms with E-state index in [-0.39, 0.29) is 24.2 Å². The van der Waals surface area contributed by atoms with Gasteiger partial charge in [-0.15, -0.1) is 0 Å². The molecule has 1 aromatic carbocycles. The molecular weight excluding hydrogens is 409 g/mol. The number of pyridine rings is 1. The Bertz CT molecular complexity index is 1080. The number of amides is 1. The Morgan fingerprint density at radius 3 is 2.68 bits per heavy atom. The third kappa shape index (κ3) is 4.42. The number of benzene rings is 1. The first-order valence-electron chi connectivity index (χ1n) is 9.56. The summed E-state index contributed by atoms with van der Waals surface area (Å²) in [6.45, 7) is 0.188. The van der Waals surface area contributed by atoms with Crippen molar-refractivity contribution in [2.45, 2.75) is 37.8 Å². The number of nitrogens with one attached hydrogen (secondary N) is 1. The Balaban J connectivity index is 1.81. The van der Waals surface area contributed by atoms with Crippen LogP contribution >= 0.6 is 0 Å². The fourth-order valence-electron chi connectivity index (χ4n) is 3.31. The number of alkyl halides is 1. The van der Waals surface area contributed by atoms with E-state index >= 15 is 0 Å². The molecule has 2 unspecified atom stereocenters. The number of hydrogen-bond acceptors (Lipinski definition) is 7. The average Bonchev–Trinajstić information content (AvgIpc) is 3.23. The summed E-state index contributed by atoms with van der Waals surface area (Å²) >= 11 is 0. The van der Waals surface area contributed by atoms with E-state index in [1.807, 2.05) is 12.1 Å². The quantitative estimate of drug-likeness (QED) is 0.581. The van der Waals surface area contributed by atoms with Gasteiger partial charge in [0.1, 0.15) is 24.1 Å². The topological polar surface area (TPSA) is 135 Å². The highest BCUT2D eigenvalue weighted by Crippen LogP contribution is 2.30. The molecule has 0 saturated carbocycles. The molecule has 9 nitrogen and oxygen atoms in total. The van der Waals surface area contributed by atoms with Gasteiger partial charge in [0.05, 0.1) is 6.42 Å². The van der Waals surface area contributed by atoms with Gasteiger partial charge in [-0.05, 0) is 17.9 Å². The van der Waals surface area contributed by atoms with E-state index in [1.165, 1.54) is 6.20 Å². The lowest BCUT2D eigenvalue weighted by Gasteiger charge is -2.26. The van der Waals surface area contributed by atoms with Gasteiger partial charge >= 0.3 is 5.97 Å². The molecule has 1 aliphatic heterocycles. The monoisotopic (exact) mass is 429 g/mol. The molecule has 3 rings (SSSR count). The minimum atomic E-state index is -1.62. The lowest BCUT2D eigenvalue weighted by atomic mass is 9.90. The zero-order chi connectivity index (χ0) is 22.6. The van der Waals surface area contributed by atoms with E-state index in [0.717, 1.165) is 5.39 Å². The Morgan fingerprint density at radius 2 is 2.00 bits per heavy atom. The number of oxime groups is 1. The van der Waals surface area contributed by atoms with Crippen LogP contribution in [0.25, 0.3) is 10.8 Å². The van der Waals surface area contributed by atoms with Gasteiger partial charge in [-0.3, -0.25) is 24.2 Å². The molecule has 0 spiro atoms. The Labute approximate surface area is 176 Å². The molecule has 31 heavy (non-hydrogen) atoms. The van der Waals surface area contributed by atoms with Crippen molar-refractivity contribution < 1.29 is 33.5 Å². The molecule has 1 aliphatic rings. The maximum absolute atomic E-state index is 13.0. The highest BCUT2D eigenvalue weighted by molar-refractivity contribution is 6.48. The first kappa shape index (κ1) is 22.0. The SMILES string of the molecule is CCC1(C(=O)NC(CC(=O)O)C(=O)CF)CC(C(=O)c2nccc3ccccc23)=NO1. The molecule has 2 heterocycles. The fraction of sp³-hybridized carbons (Fsp3) is 0.333. The van der Waals surface area contributed by atoms with Gasteiger partial charge in [0.2, 0.25) is 11.4 Å². The summed E-state index contributed by atoms with van der Waals surface area (Å²) in [5.74, 6) is -3.81. The number of nitrogens with zero attached hydrogens (tertiary/aromatic N) is 2. The van der Waals surface area contributed by atoms with Crippen LogP contribution in [0, 0.1) is 0 Å². The van der Waals surface area contributed by atoms with Crippen LogP contribution in [-0.4, -0.2) is 57.6 Å². The van der Waals surface area contributed by atoms with Gasteiger partial charge in [0.15, 0.2) is 5.78 Å². The number of hydrogen-bond donors (Lipinski definition) is 2. The molecule has 1 amide bonds. The van der Waals surface area contributed by atoms with Crippen molar-refractivity contribution in [3.05, 3.63) is 42.2 Å². The molecule has 0 radical (unpaired) electrons. The Morgan fingerprint density at radius 1 is 1.26 bits per heavy atom. The van der Waals surface area contributed by atoms with Crippen LogP contribution in [0.1, 0.15) is 36.7 Å². The lowest BCUT2D eigenvalue weighted by molar-refractivity contribution is -0.148. The maximum Gasteiger partial charge on any atom is 0.305 e. The average molecular weight is 429 g/mol. The van der Waals surface area contributed by atoms with Crippen molar-refractivity contribution in [3.8, 4) is 0 Å². The molecule has 0 aliphatic carbocycles. The molecule has 0 bridgehead atoms. The van der Waals surface area contributed by atoms with Crippen molar-refractivity contribution in [1.29, 1.82) is 0 Å². The Hall–Kier alpha value is -3.69. The number of Topliss-reactive ketones (excluding diaryl/α,β-unsaturated/α-hetero) is 2. The van der Waals surface area contributed by atoms with Gasteiger partial charge in [-0.1, -0.05) is 36.3 Å². The standard InChI is InChI=1S/C21H20FN3O6/c1-2-21(20(30)24-14(9-17(27)28)16(26)11-22)10-15(25-31-21)19(29)18-13-6-4-3-5-12(13)7-8-23-18/h3-8,14H,2,9-11H2,1H3,(H,24,30)(H,27,28). The van der Waals surface area contributed by atoms with Crippen LogP contribution in [-0.2, 0) is 19.2 Å². The fourth-order valence-corrected chi connectivity index (χ4v) is 3.31. The summed E-state index contributed by atoms with van der Waals surface area (Å²) in [4.78, 5) is 58.0. The maximum atomic E-state index is 13.0. The van der Waals surface area contributed by atoms with Crippen LogP contribution in [0.15, 0.2) is 41.7 Å². The van der Waals surface area contributed by atoms with Crippen molar-refractivity contribution in [1.82, 2.24) is 10.3 Å². The molecule has 0 saturated heterocycles. The summed E-state index contributed by atoms with van der Waals surface area (Å²) in [6, 6.07) is 7.36. The Kier molecular flexibility index (Phi) is 6.38. The third-order valence-corrected chi connectivity index (χ3v) is 5.12. The predicted octanol–water partition coefficient (Wildman–Crippen LogP) is 1.84. The molecule has 2 N–H and O–H groups in total. The molecule has 162 valence electrons. The number of carbonyl (C=O) groups excluding carboxylic acids is 3. The second kappa shape index (κ2) is 8.99. The molecule has 0 fully saturated rings. The highest BCUT2D eigenvalue weighted by atomic mass is 19.1. The molecule has 2 atom stereocenters. The normalized spacial score (nSPS) is 18.7. The van der Waals surface area contributed by atoms with E-state index < -0.39 is 48.2 Å². The predicted molar refractivity (Wildman–Crippen MR) is 107 cm³/mol. The van der Waals surface area contributed by atoms with Gasteiger partial charge in [-0.25, -0.2) is 4.39 Å². The van der Waals surface area contributed by atoms with E-state index in [9.17, 15) is 23.6 Å². The summed E-state index contributed by atoms with van der Waals surface area (Å²) in [7, 11) is 0. The van der Waals surface area contributed by atoms with Crippen LogP contribution in [0.5, 0.6) is 0 Å². The van der Waals surface area contributed by atoms with E-state index in [1.54, 1.807) is 25.1 Å². The van der Waals surface area contributed by atoms with Gasteiger partial charge in [-0.2, -0.15) is 0 Å². The summed E-state index contributed by atoms with van der Waals surface area (Å²) in [5, 5.41) is 16.4. The number of carbonyl (C=O) groups is 4. The van der Waals surface area contributed by atoms with Crippen molar-refractivity contribution in [2.75, 3.05) is 6.67 Å². The summed E-state index contributed by atoms with van der Waals surface area (Å²) in [6.07, 6.45) is 0.583. The van der Waals surface area contributed by atoms with Crippen LogP contribution in [0.3, 0.4) is 0 Å². The van der Waals surface area contributed by atoms with Gasteiger partial charge in [0.25, 0.3) is 5.91 Å². The summed E-state index contributed by atoms with van der Waals surface area (Å²) < 4.78 is 12.8. The third-order valence-electron chi connectivity index (χ3n) is 5.12. The highest BCUT2D eigenvalue weighted by Gasteiger charge is 2.48. The van der Waals surface area contributed by atoms with Crippen LogP contribution < -0.4 is 5.32 Å². The smallest absolute Gasteiger partial charge is 0.305 e. The zero-order valence-electron chi connectivity index (χ0n) is 16.6. The molecule has 1 aromatic heterocycles. The van der Waals surface area contributed by atoms with Crippen molar-refractivity contribution in [3.63, 3.8) is 0 Å². The van der Waals surface area contributed by atoms with Gasteiger partial charge in [0, 0.05) is 18.0 Å². The first-order valence-corrected chi connectivity index (χ1v) is 9.56. The number of ketones is 2. The number of carboxylic acid groups (broad SMARTS) is 1. The van der Waals surface area contributed by atoms with Crippen molar-refractivity contribution in [2.24, 2.45) is 5.16 Å². The molecular formula is C21H20FN3O6. The van der Waals surface area contributed by atoms with E-state index in [2.05, 4.69) is 15.5 Å². The number of carboxylic acids is 1.